The molecule has 1 saturated heterocycles. The van der Waals surface area contributed by atoms with E-state index in [1.54, 1.807) is 0 Å². The molecule has 0 spiro atoms. The predicted molar refractivity (Wildman–Crippen MR) is 59.2 cm³/mol. The number of halogens is 1. The quantitative estimate of drug-likeness (QED) is 0.796. The standard InChI is InChI=1S/C12H17FN2/c1-15-7-10(6-14)12(8-15)9-2-4-11(13)5-3-9/h2-5,10,12H,6-8,14H2,1H3/t10-,12-/m0/s1. The van der Waals surface area contributed by atoms with Crippen molar-refractivity contribution in [2.75, 3.05) is 26.7 Å². The van der Waals surface area contributed by atoms with E-state index in [4.69, 9.17) is 5.73 Å². The van der Waals surface area contributed by atoms with Gasteiger partial charge in [-0.3, -0.25) is 0 Å². The highest BCUT2D eigenvalue weighted by molar-refractivity contribution is 5.23. The smallest absolute Gasteiger partial charge is 0.123 e. The summed E-state index contributed by atoms with van der Waals surface area (Å²) in [5.41, 5.74) is 6.96. The average Bonchev–Trinajstić information content (AvgIpc) is 2.61. The Labute approximate surface area is 89.9 Å². The molecule has 0 radical (unpaired) electrons. The summed E-state index contributed by atoms with van der Waals surface area (Å²) in [6.45, 7) is 2.76. The summed E-state index contributed by atoms with van der Waals surface area (Å²) in [5, 5.41) is 0. The topological polar surface area (TPSA) is 29.3 Å². The largest absolute Gasteiger partial charge is 0.330 e. The van der Waals surface area contributed by atoms with E-state index >= 15 is 0 Å². The van der Waals surface area contributed by atoms with Crippen LogP contribution in [0.25, 0.3) is 0 Å². The first-order chi connectivity index (χ1) is 7.20. The van der Waals surface area contributed by atoms with Crippen molar-refractivity contribution in [3.63, 3.8) is 0 Å². The van der Waals surface area contributed by atoms with Gasteiger partial charge in [-0.05, 0) is 37.2 Å². The van der Waals surface area contributed by atoms with Crippen molar-refractivity contribution >= 4 is 0 Å². The zero-order chi connectivity index (χ0) is 10.8. The molecule has 0 unspecified atom stereocenters. The summed E-state index contributed by atoms with van der Waals surface area (Å²) >= 11 is 0. The number of hydrogen-bond donors (Lipinski definition) is 1. The Morgan fingerprint density at radius 3 is 2.60 bits per heavy atom. The minimum atomic E-state index is -0.172. The van der Waals surface area contributed by atoms with Crippen molar-refractivity contribution in [3.8, 4) is 0 Å². The van der Waals surface area contributed by atoms with Gasteiger partial charge in [-0.25, -0.2) is 4.39 Å². The molecule has 1 aromatic carbocycles. The zero-order valence-electron chi connectivity index (χ0n) is 8.99. The minimum Gasteiger partial charge on any atom is -0.330 e. The molecule has 1 aliphatic heterocycles. The highest BCUT2D eigenvalue weighted by Gasteiger charge is 2.30. The van der Waals surface area contributed by atoms with Crippen molar-refractivity contribution in [2.45, 2.75) is 5.92 Å². The number of nitrogens with two attached hydrogens (primary N) is 1. The average molecular weight is 208 g/mol. The SMILES string of the molecule is CN1C[C@H](CN)[C@H](c2ccc(F)cc2)C1. The lowest BCUT2D eigenvalue weighted by Crippen LogP contribution is -2.21. The van der Waals surface area contributed by atoms with Crippen LogP contribution in [0.1, 0.15) is 11.5 Å². The highest BCUT2D eigenvalue weighted by atomic mass is 19.1. The molecule has 0 bridgehead atoms. The molecule has 1 aromatic rings. The van der Waals surface area contributed by atoms with Gasteiger partial charge in [0.05, 0.1) is 0 Å². The molecule has 0 saturated carbocycles. The van der Waals surface area contributed by atoms with Crippen molar-refractivity contribution < 1.29 is 4.39 Å². The molecule has 1 aliphatic rings. The van der Waals surface area contributed by atoms with Crippen LogP contribution in [-0.2, 0) is 0 Å². The Hall–Kier alpha value is -0.930. The number of likely N-dealkylation sites (N-methyl/N-ethyl adjacent to an activating group) is 1. The maximum absolute atomic E-state index is 12.8. The fraction of sp³-hybridized carbons (Fsp3) is 0.500. The molecule has 0 amide bonds. The predicted octanol–water partition coefficient (Wildman–Crippen LogP) is 1.43. The molecule has 2 rings (SSSR count). The first kappa shape index (κ1) is 10.6. The van der Waals surface area contributed by atoms with Crippen LogP contribution in [0.3, 0.4) is 0 Å². The Morgan fingerprint density at radius 2 is 2.00 bits per heavy atom. The second-order valence-corrected chi connectivity index (χ2v) is 4.38. The lowest BCUT2D eigenvalue weighted by atomic mass is 9.89. The van der Waals surface area contributed by atoms with Crippen LogP contribution in [0.5, 0.6) is 0 Å². The number of benzene rings is 1. The second-order valence-electron chi connectivity index (χ2n) is 4.38. The molecule has 2 nitrogen and oxygen atoms in total. The third-order valence-corrected chi connectivity index (χ3v) is 3.22. The molecular formula is C12H17FN2. The van der Waals surface area contributed by atoms with Gasteiger partial charge in [0.25, 0.3) is 0 Å². The molecule has 2 atom stereocenters. The fourth-order valence-corrected chi connectivity index (χ4v) is 2.41. The first-order valence-corrected chi connectivity index (χ1v) is 5.35. The molecule has 82 valence electrons. The van der Waals surface area contributed by atoms with Gasteiger partial charge >= 0.3 is 0 Å². The summed E-state index contributed by atoms with van der Waals surface area (Å²) in [5.74, 6) is 0.787. The normalized spacial score (nSPS) is 27.1. The van der Waals surface area contributed by atoms with Gasteiger partial charge in [0.15, 0.2) is 0 Å². The molecular weight excluding hydrogens is 191 g/mol. The first-order valence-electron chi connectivity index (χ1n) is 5.35. The van der Waals surface area contributed by atoms with E-state index in [-0.39, 0.29) is 5.82 Å². The molecule has 2 N–H and O–H groups in total. The monoisotopic (exact) mass is 208 g/mol. The van der Waals surface area contributed by atoms with Gasteiger partial charge in [0, 0.05) is 19.0 Å². The van der Waals surface area contributed by atoms with Crippen LogP contribution in [0.15, 0.2) is 24.3 Å². The van der Waals surface area contributed by atoms with E-state index in [1.807, 2.05) is 12.1 Å². The maximum Gasteiger partial charge on any atom is 0.123 e. The Balaban J connectivity index is 2.19. The van der Waals surface area contributed by atoms with Crippen molar-refractivity contribution in [2.24, 2.45) is 11.7 Å². The minimum absolute atomic E-state index is 0.172. The van der Waals surface area contributed by atoms with Crippen molar-refractivity contribution in [3.05, 3.63) is 35.6 Å². The molecule has 0 aromatic heterocycles. The molecule has 1 heterocycles. The zero-order valence-corrected chi connectivity index (χ0v) is 8.99. The van der Waals surface area contributed by atoms with Crippen LogP contribution in [0.2, 0.25) is 0 Å². The van der Waals surface area contributed by atoms with Crippen LogP contribution in [0.4, 0.5) is 4.39 Å². The summed E-state index contributed by atoms with van der Waals surface area (Å²) in [4.78, 5) is 2.28. The van der Waals surface area contributed by atoms with E-state index in [2.05, 4.69) is 11.9 Å². The van der Waals surface area contributed by atoms with Gasteiger partial charge in [-0.15, -0.1) is 0 Å². The molecule has 3 heteroatoms. The van der Waals surface area contributed by atoms with E-state index in [1.165, 1.54) is 17.7 Å². The van der Waals surface area contributed by atoms with Crippen molar-refractivity contribution in [1.82, 2.24) is 4.90 Å². The van der Waals surface area contributed by atoms with Crippen LogP contribution >= 0.6 is 0 Å². The number of rotatable bonds is 2. The summed E-state index contributed by atoms with van der Waals surface area (Å²) in [6.07, 6.45) is 0. The number of likely N-dealkylation sites (tertiary alicyclic amines) is 1. The second kappa shape index (κ2) is 4.29. The lowest BCUT2D eigenvalue weighted by molar-refractivity contribution is 0.397. The van der Waals surface area contributed by atoms with E-state index < -0.39 is 0 Å². The van der Waals surface area contributed by atoms with E-state index in [0.717, 1.165) is 13.1 Å². The van der Waals surface area contributed by atoms with Crippen LogP contribution in [0, 0.1) is 11.7 Å². The van der Waals surface area contributed by atoms with Crippen LogP contribution < -0.4 is 5.73 Å². The van der Waals surface area contributed by atoms with Gasteiger partial charge in [0.1, 0.15) is 5.82 Å². The maximum atomic E-state index is 12.8. The van der Waals surface area contributed by atoms with E-state index in [0.29, 0.717) is 18.4 Å². The van der Waals surface area contributed by atoms with Gasteiger partial charge in [-0.2, -0.15) is 0 Å². The molecule has 15 heavy (non-hydrogen) atoms. The number of hydrogen-bond acceptors (Lipinski definition) is 2. The lowest BCUT2D eigenvalue weighted by Gasteiger charge is -2.16. The van der Waals surface area contributed by atoms with Gasteiger partial charge in [-0.1, -0.05) is 12.1 Å². The fourth-order valence-electron chi connectivity index (χ4n) is 2.41. The van der Waals surface area contributed by atoms with E-state index in [9.17, 15) is 4.39 Å². The summed E-state index contributed by atoms with van der Waals surface area (Å²) in [7, 11) is 2.10. The van der Waals surface area contributed by atoms with Gasteiger partial charge < -0.3 is 10.6 Å². The third kappa shape index (κ3) is 2.19. The van der Waals surface area contributed by atoms with Gasteiger partial charge in [0.2, 0.25) is 0 Å². The Bertz CT molecular complexity index is 323. The third-order valence-electron chi connectivity index (χ3n) is 3.22. The van der Waals surface area contributed by atoms with Crippen molar-refractivity contribution in [1.29, 1.82) is 0 Å². The molecule has 1 fully saturated rings. The number of nitrogens with zero attached hydrogens (tertiary/aromatic N) is 1. The Kier molecular flexibility index (Phi) is 3.03. The summed E-state index contributed by atoms with van der Waals surface area (Å²) in [6, 6.07) is 6.81. The highest BCUT2D eigenvalue weighted by Crippen LogP contribution is 2.31. The van der Waals surface area contributed by atoms with Crippen LogP contribution in [-0.4, -0.2) is 31.6 Å². The summed E-state index contributed by atoms with van der Waals surface area (Å²) < 4.78 is 12.8. The Morgan fingerprint density at radius 1 is 1.33 bits per heavy atom. The molecule has 0 aliphatic carbocycles.